The van der Waals surface area contributed by atoms with Gasteiger partial charge in [0.05, 0.1) is 22.8 Å². The second kappa shape index (κ2) is 8.34. The molecule has 2 heterocycles. The highest BCUT2D eigenvalue weighted by molar-refractivity contribution is 6.62. The predicted molar refractivity (Wildman–Crippen MR) is 120 cm³/mol. The summed E-state index contributed by atoms with van der Waals surface area (Å²) in [5.41, 5.74) is -1.14. The first-order chi connectivity index (χ1) is 14.6. The second-order valence-electron chi connectivity index (χ2n) is 10.6. The lowest BCUT2D eigenvalue weighted by molar-refractivity contribution is 0.00578. The number of likely N-dealkylation sites (tertiary alicyclic amines) is 1. The van der Waals surface area contributed by atoms with Crippen molar-refractivity contribution in [3.05, 3.63) is 29.6 Å². The van der Waals surface area contributed by atoms with Crippen molar-refractivity contribution in [3.63, 3.8) is 0 Å². The standard InChI is InChI=1S/C23H34BFN2O5/c1-21(2,3)30-20(29)26(8)16-11-12-27(14-16)19(28)17-10-9-15(13-18(17)25)24-31-22(4,5)23(6,7)32-24/h9-10,13,16H,11-12,14H2,1-8H3. The lowest BCUT2D eigenvalue weighted by atomic mass is 9.78. The number of carbonyl (C=O) groups excluding carboxylic acids is 2. The number of benzene rings is 1. The van der Waals surface area contributed by atoms with E-state index < -0.39 is 41.7 Å². The molecule has 176 valence electrons. The molecule has 0 aliphatic carbocycles. The Balaban J connectivity index is 1.67. The molecule has 2 saturated heterocycles. The van der Waals surface area contributed by atoms with Crippen LogP contribution in [0.25, 0.3) is 0 Å². The van der Waals surface area contributed by atoms with Crippen molar-refractivity contribution in [2.45, 2.75) is 77.7 Å². The van der Waals surface area contributed by atoms with Crippen LogP contribution in [0.4, 0.5) is 9.18 Å². The first kappa shape index (κ1) is 24.5. The molecule has 1 atom stereocenters. The van der Waals surface area contributed by atoms with Crippen molar-refractivity contribution in [2.24, 2.45) is 0 Å². The van der Waals surface area contributed by atoms with Crippen LogP contribution in [-0.2, 0) is 14.0 Å². The van der Waals surface area contributed by atoms with E-state index >= 15 is 0 Å². The highest BCUT2D eigenvalue weighted by Gasteiger charge is 2.51. The maximum atomic E-state index is 14.9. The minimum Gasteiger partial charge on any atom is -0.444 e. The molecule has 1 unspecified atom stereocenters. The summed E-state index contributed by atoms with van der Waals surface area (Å²) < 4.78 is 32.3. The van der Waals surface area contributed by atoms with Crippen LogP contribution in [-0.4, -0.2) is 71.9 Å². The number of amides is 2. The van der Waals surface area contributed by atoms with Crippen LogP contribution in [0.5, 0.6) is 0 Å². The fourth-order valence-electron chi connectivity index (χ4n) is 3.73. The monoisotopic (exact) mass is 448 g/mol. The summed E-state index contributed by atoms with van der Waals surface area (Å²) in [4.78, 5) is 28.4. The van der Waals surface area contributed by atoms with Crippen molar-refractivity contribution >= 4 is 24.6 Å². The van der Waals surface area contributed by atoms with Gasteiger partial charge in [0.25, 0.3) is 5.91 Å². The zero-order valence-corrected chi connectivity index (χ0v) is 20.3. The number of likely N-dealkylation sites (N-methyl/N-ethyl adjacent to an activating group) is 1. The molecule has 0 spiro atoms. The molecule has 9 heteroatoms. The molecule has 0 aromatic heterocycles. The Hall–Kier alpha value is -2.13. The number of nitrogens with zero attached hydrogens (tertiary/aromatic N) is 2. The average Bonchev–Trinajstić information content (AvgIpc) is 3.22. The van der Waals surface area contributed by atoms with Gasteiger partial charge in [0.15, 0.2) is 0 Å². The van der Waals surface area contributed by atoms with Gasteiger partial charge in [-0.1, -0.05) is 6.07 Å². The molecule has 0 saturated carbocycles. The van der Waals surface area contributed by atoms with Crippen LogP contribution in [0.2, 0.25) is 0 Å². The van der Waals surface area contributed by atoms with Gasteiger partial charge in [0.1, 0.15) is 11.4 Å². The summed E-state index contributed by atoms with van der Waals surface area (Å²) in [6.07, 6.45) is 0.171. The average molecular weight is 448 g/mol. The van der Waals surface area contributed by atoms with Crippen molar-refractivity contribution in [1.82, 2.24) is 9.80 Å². The van der Waals surface area contributed by atoms with Crippen molar-refractivity contribution in [3.8, 4) is 0 Å². The topological polar surface area (TPSA) is 68.3 Å². The molecule has 3 rings (SSSR count). The minimum absolute atomic E-state index is 0.00848. The minimum atomic E-state index is -0.697. The Kier molecular flexibility index (Phi) is 6.39. The van der Waals surface area contributed by atoms with Crippen LogP contribution in [0.1, 0.15) is 65.2 Å². The van der Waals surface area contributed by atoms with Gasteiger partial charge < -0.3 is 23.8 Å². The van der Waals surface area contributed by atoms with Gasteiger partial charge >= 0.3 is 13.2 Å². The van der Waals surface area contributed by atoms with E-state index in [2.05, 4.69) is 0 Å². The Morgan fingerprint density at radius 2 is 1.78 bits per heavy atom. The zero-order chi connectivity index (χ0) is 24.1. The molecule has 2 amide bonds. The van der Waals surface area contributed by atoms with E-state index in [1.165, 1.54) is 17.0 Å². The van der Waals surface area contributed by atoms with Crippen LogP contribution < -0.4 is 5.46 Å². The van der Waals surface area contributed by atoms with Gasteiger partial charge in [0, 0.05) is 20.1 Å². The summed E-state index contributed by atoms with van der Waals surface area (Å²) >= 11 is 0. The molecule has 2 fully saturated rings. The molecule has 1 aromatic rings. The molecule has 32 heavy (non-hydrogen) atoms. The van der Waals surface area contributed by atoms with Crippen LogP contribution in [0.15, 0.2) is 18.2 Å². The first-order valence-electron chi connectivity index (χ1n) is 11.0. The third-order valence-electron chi connectivity index (χ3n) is 6.43. The summed E-state index contributed by atoms with van der Waals surface area (Å²) in [6.45, 7) is 13.9. The molecular formula is C23H34BFN2O5. The molecule has 0 radical (unpaired) electrons. The van der Waals surface area contributed by atoms with E-state index in [0.29, 0.717) is 25.0 Å². The van der Waals surface area contributed by atoms with Gasteiger partial charge in [-0.2, -0.15) is 0 Å². The second-order valence-corrected chi connectivity index (χ2v) is 10.6. The van der Waals surface area contributed by atoms with Crippen LogP contribution in [0, 0.1) is 5.82 Å². The van der Waals surface area contributed by atoms with Gasteiger partial charge in [-0.15, -0.1) is 0 Å². The lowest BCUT2D eigenvalue weighted by Crippen LogP contribution is -2.42. The first-order valence-corrected chi connectivity index (χ1v) is 11.0. The van der Waals surface area contributed by atoms with E-state index in [0.717, 1.165) is 0 Å². The predicted octanol–water partition coefficient (Wildman–Crippen LogP) is 3.21. The number of carbonyl (C=O) groups is 2. The molecule has 1 aromatic carbocycles. The van der Waals surface area contributed by atoms with Crippen molar-refractivity contribution in [1.29, 1.82) is 0 Å². The molecular weight excluding hydrogens is 414 g/mol. The highest BCUT2D eigenvalue weighted by atomic mass is 19.1. The Morgan fingerprint density at radius 1 is 1.19 bits per heavy atom. The van der Waals surface area contributed by atoms with Gasteiger partial charge in [-0.25, -0.2) is 9.18 Å². The Labute approximate surface area is 190 Å². The number of ether oxygens (including phenoxy) is 1. The maximum Gasteiger partial charge on any atom is 0.494 e. The third kappa shape index (κ3) is 4.93. The smallest absolute Gasteiger partial charge is 0.444 e. The van der Waals surface area contributed by atoms with Crippen LogP contribution in [0.3, 0.4) is 0 Å². The van der Waals surface area contributed by atoms with Gasteiger partial charge in [-0.3, -0.25) is 4.79 Å². The fourth-order valence-corrected chi connectivity index (χ4v) is 3.73. The van der Waals surface area contributed by atoms with E-state index in [-0.39, 0.29) is 11.6 Å². The largest absolute Gasteiger partial charge is 0.494 e. The summed E-state index contributed by atoms with van der Waals surface area (Å²) in [6, 6.07) is 4.26. The maximum absolute atomic E-state index is 14.9. The zero-order valence-electron chi connectivity index (χ0n) is 20.3. The van der Waals surface area contributed by atoms with Gasteiger partial charge in [0.2, 0.25) is 0 Å². The van der Waals surface area contributed by atoms with Crippen molar-refractivity contribution < 1.29 is 28.0 Å². The molecule has 0 bridgehead atoms. The summed E-state index contributed by atoms with van der Waals surface area (Å²) in [7, 11) is 0.962. The summed E-state index contributed by atoms with van der Waals surface area (Å²) in [5, 5.41) is 0. The highest BCUT2D eigenvalue weighted by Crippen LogP contribution is 2.36. The van der Waals surface area contributed by atoms with Crippen molar-refractivity contribution in [2.75, 3.05) is 20.1 Å². The molecule has 2 aliphatic heterocycles. The molecule has 0 N–H and O–H groups in total. The third-order valence-corrected chi connectivity index (χ3v) is 6.43. The van der Waals surface area contributed by atoms with E-state index in [4.69, 9.17) is 14.0 Å². The molecule has 7 nitrogen and oxygen atoms in total. The van der Waals surface area contributed by atoms with E-state index in [1.54, 1.807) is 38.8 Å². The summed E-state index contributed by atoms with van der Waals surface area (Å²) in [5.74, 6) is -1.02. The normalized spacial score (nSPS) is 22.2. The Morgan fingerprint density at radius 3 is 2.31 bits per heavy atom. The fraction of sp³-hybridized carbons (Fsp3) is 0.652. The number of hydrogen-bond donors (Lipinski definition) is 0. The Bertz CT molecular complexity index is 883. The van der Waals surface area contributed by atoms with E-state index in [9.17, 15) is 14.0 Å². The SMILES string of the molecule is CN(C(=O)OC(C)(C)C)C1CCN(C(=O)c2ccc(B3OC(C)(C)C(C)(C)O3)cc2F)C1. The number of hydrogen-bond acceptors (Lipinski definition) is 5. The number of halogens is 1. The lowest BCUT2D eigenvalue weighted by Gasteiger charge is -2.32. The number of rotatable bonds is 3. The van der Waals surface area contributed by atoms with E-state index in [1.807, 2.05) is 27.7 Å². The quantitative estimate of drug-likeness (QED) is 0.665. The molecule has 2 aliphatic rings. The van der Waals surface area contributed by atoms with Crippen LogP contribution >= 0.6 is 0 Å². The van der Waals surface area contributed by atoms with Gasteiger partial charge in [-0.05, 0) is 72.5 Å².